The molecular formula is C29H27Cl3N4O2S. The van der Waals surface area contributed by atoms with Gasteiger partial charge in [0.25, 0.3) is 0 Å². The van der Waals surface area contributed by atoms with Crippen LogP contribution in [0.3, 0.4) is 0 Å². The number of aryl methyl sites for hydroxylation is 1. The summed E-state index contributed by atoms with van der Waals surface area (Å²) in [5.74, 6) is 0.587. The zero-order valence-electron chi connectivity index (χ0n) is 21.6. The highest BCUT2D eigenvalue weighted by Gasteiger charge is 2.42. The Morgan fingerprint density at radius 1 is 0.974 bits per heavy atom. The number of anilines is 1. The highest BCUT2D eigenvalue weighted by molar-refractivity contribution is 7.80. The van der Waals surface area contributed by atoms with Gasteiger partial charge in [0.1, 0.15) is 12.4 Å². The van der Waals surface area contributed by atoms with Crippen LogP contribution in [0.25, 0.3) is 5.69 Å². The molecule has 39 heavy (non-hydrogen) atoms. The molecule has 0 aliphatic carbocycles. The Bertz CT molecular complexity index is 1510. The Hall–Kier alpha value is -2.81. The van der Waals surface area contributed by atoms with Crippen LogP contribution in [0.5, 0.6) is 5.75 Å². The molecule has 0 radical (unpaired) electrons. The van der Waals surface area contributed by atoms with Crippen molar-refractivity contribution in [3.05, 3.63) is 105 Å². The van der Waals surface area contributed by atoms with E-state index < -0.39 is 0 Å². The topological polar surface area (TPSA) is 51.6 Å². The highest BCUT2D eigenvalue weighted by atomic mass is 35.5. The number of pyridine rings is 1. The second kappa shape index (κ2) is 11.7. The minimum atomic E-state index is -0.213. The summed E-state index contributed by atoms with van der Waals surface area (Å²) < 4.78 is 13.0. The summed E-state index contributed by atoms with van der Waals surface area (Å²) in [7, 11) is 1.63. The Balaban J connectivity index is 1.62. The smallest absolute Gasteiger partial charge is 0.174 e. The van der Waals surface area contributed by atoms with Crippen LogP contribution in [-0.4, -0.2) is 35.0 Å². The number of nitrogens with one attached hydrogen (secondary N) is 1. The van der Waals surface area contributed by atoms with Crippen molar-refractivity contribution >= 4 is 57.8 Å². The quantitative estimate of drug-likeness (QED) is 0.165. The summed E-state index contributed by atoms with van der Waals surface area (Å²) in [6.45, 7) is 5.02. The molecule has 1 N–H and O–H groups in total. The van der Waals surface area contributed by atoms with Gasteiger partial charge in [-0.15, -0.1) is 0 Å². The largest absolute Gasteiger partial charge is 0.490 e. The maximum Gasteiger partial charge on any atom is 0.174 e. The summed E-state index contributed by atoms with van der Waals surface area (Å²) in [5, 5.41) is 5.74. The number of aromatic nitrogens is 2. The molecule has 1 aliphatic heterocycles. The first-order valence-electron chi connectivity index (χ1n) is 12.4. The lowest BCUT2D eigenvalue weighted by atomic mass is 9.96. The van der Waals surface area contributed by atoms with Crippen molar-refractivity contribution in [1.82, 2.24) is 14.9 Å². The summed E-state index contributed by atoms with van der Waals surface area (Å²) in [4.78, 5) is 6.76. The van der Waals surface area contributed by atoms with Crippen LogP contribution in [0.1, 0.15) is 34.7 Å². The van der Waals surface area contributed by atoms with Gasteiger partial charge in [-0.25, -0.2) is 0 Å². The molecule has 0 saturated carbocycles. The van der Waals surface area contributed by atoms with Crippen molar-refractivity contribution < 1.29 is 9.47 Å². The first-order chi connectivity index (χ1) is 18.8. The minimum Gasteiger partial charge on any atom is -0.490 e. The van der Waals surface area contributed by atoms with E-state index in [1.165, 1.54) is 0 Å². The van der Waals surface area contributed by atoms with Gasteiger partial charge in [0, 0.05) is 35.4 Å². The molecule has 0 unspecified atom stereocenters. The lowest BCUT2D eigenvalue weighted by Crippen LogP contribution is -2.29. The summed E-state index contributed by atoms with van der Waals surface area (Å²) in [5.41, 5.74) is 5.73. The molecule has 3 heterocycles. The van der Waals surface area contributed by atoms with Crippen molar-refractivity contribution in [3.63, 3.8) is 0 Å². The van der Waals surface area contributed by atoms with E-state index in [0.717, 1.165) is 34.0 Å². The molecule has 2 atom stereocenters. The molecule has 1 fully saturated rings. The first kappa shape index (κ1) is 27.7. The van der Waals surface area contributed by atoms with Crippen LogP contribution in [-0.2, 0) is 4.74 Å². The third-order valence-electron chi connectivity index (χ3n) is 6.78. The van der Waals surface area contributed by atoms with Crippen molar-refractivity contribution in [2.75, 3.05) is 25.2 Å². The third kappa shape index (κ3) is 5.47. The number of ether oxygens (including phenoxy) is 2. The van der Waals surface area contributed by atoms with Gasteiger partial charge in [-0.1, -0.05) is 40.9 Å². The van der Waals surface area contributed by atoms with E-state index in [4.69, 9.17) is 56.5 Å². The lowest BCUT2D eigenvalue weighted by Gasteiger charge is -2.28. The van der Waals surface area contributed by atoms with Gasteiger partial charge in [0.15, 0.2) is 5.11 Å². The van der Waals surface area contributed by atoms with Gasteiger partial charge in [0.05, 0.1) is 40.1 Å². The Kier molecular flexibility index (Phi) is 8.35. The average molecular weight is 602 g/mol. The molecule has 5 rings (SSSR count). The van der Waals surface area contributed by atoms with Crippen molar-refractivity contribution in [2.45, 2.75) is 25.9 Å². The predicted molar refractivity (Wildman–Crippen MR) is 162 cm³/mol. The van der Waals surface area contributed by atoms with Crippen LogP contribution in [0.4, 0.5) is 5.69 Å². The maximum atomic E-state index is 6.65. The van der Waals surface area contributed by atoms with Crippen LogP contribution in [0, 0.1) is 13.8 Å². The zero-order valence-corrected chi connectivity index (χ0v) is 24.7. The molecule has 0 amide bonds. The third-order valence-corrected chi connectivity index (χ3v) is 7.92. The second-order valence-corrected chi connectivity index (χ2v) is 10.8. The van der Waals surface area contributed by atoms with E-state index in [-0.39, 0.29) is 12.1 Å². The van der Waals surface area contributed by atoms with E-state index >= 15 is 0 Å². The normalized spacial score (nSPS) is 17.0. The molecule has 2 aromatic heterocycles. The number of nitrogens with zero attached hydrogens (tertiary/aromatic N) is 3. The van der Waals surface area contributed by atoms with Crippen molar-refractivity contribution in [3.8, 4) is 11.4 Å². The number of rotatable bonds is 8. The SMILES string of the molecule is COCCOc1ccc(N2C(=S)N[C@H](c3ccccn3)[C@H]2c2cc(C)n(-c3ccc(Cl)cc3Cl)c2C)cc1Cl. The molecule has 4 aromatic rings. The molecule has 10 heteroatoms. The molecule has 202 valence electrons. The summed E-state index contributed by atoms with van der Waals surface area (Å²) in [6.07, 6.45) is 1.79. The van der Waals surface area contributed by atoms with E-state index in [1.807, 2.05) is 48.5 Å². The predicted octanol–water partition coefficient (Wildman–Crippen LogP) is 7.65. The van der Waals surface area contributed by atoms with Gasteiger partial charge in [-0.2, -0.15) is 0 Å². The van der Waals surface area contributed by atoms with Crippen molar-refractivity contribution in [1.29, 1.82) is 0 Å². The molecule has 6 nitrogen and oxygen atoms in total. The molecule has 2 aromatic carbocycles. The van der Waals surface area contributed by atoms with E-state index in [1.54, 1.807) is 19.4 Å². The number of methoxy groups -OCH3 is 1. The molecule has 0 bridgehead atoms. The first-order valence-corrected chi connectivity index (χ1v) is 13.9. The number of halogens is 3. The highest BCUT2D eigenvalue weighted by Crippen LogP contribution is 2.45. The monoisotopic (exact) mass is 600 g/mol. The van der Waals surface area contributed by atoms with Crippen LogP contribution in [0.2, 0.25) is 15.1 Å². The number of hydrogen-bond acceptors (Lipinski definition) is 4. The van der Waals surface area contributed by atoms with Gasteiger partial charge in [-0.3, -0.25) is 4.98 Å². The van der Waals surface area contributed by atoms with Crippen LogP contribution < -0.4 is 15.0 Å². The van der Waals surface area contributed by atoms with E-state index in [0.29, 0.717) is 39.1 Å². The molecule has 1 saturated heterocycles. The molecular weight excluding hydrogens is 575 g/mol. The zero-order chi connectivity index (χ0) is 27.7. The maximum absolute atomic E-state index is 6.65. The summed E-state index contributed by atoms with van der Waals surface area (Å²) >= 11 is 25.4. The standard InChI is InChI=1S/C29H27Cl3N4O2S/c1-17-14-21(18(2)35(17)25-9-7-19(30)15-22(25)31)28-27(24-6-4-5-11-33-24)34-29(39)36(28)20-8-10-26(23(32)16-20)38-13-12-37-3/h4-11,14-16,27-28H,12-13H2,1-3H3,(H,34,39)/t27-,28-/m1/s1. The van der Waals surface area contributed by atoms with Gasteiger partial charge < -0.3 is 24.3 Å². The van der Waals surface area contributed by atoms with Crippen LogP contribution >= 0.6 is 47.0 Å². The number of benzene rings is 2. The number of thiocarbonyl (C=S) groups is 1. The van der Waals surface area contributed by atoms with Gasteiger partial charge in [0.2, 0.25) is 0 Å². The van der Waals surface area contributed by atoms with Crippen LogP contribution in [0.15, 0.2) is 66.9 Å². The van der Waals surface area contributed by atoms with E-state index in [2.05, 4.69) is 39.7 Å². The Labute approximate surface area is 248 Å². The lowest BCUT2D eigenvalue weighted by molar-refractivity contribution is 0.146. The fourth-order valence-electron chi connectivity index (χ4n) is 5.06. The molecule has 0 spiro atoms. The minimum absolute atomic E-state index is 0.204. The average Bonchev–Trinajstić information content (AvgIpc) is 3.41. The Morgan fingerprint density at radius 3 is 2.49 bits per heavy atom. The second-order valence-electron chi connectivity index (χ2n) is 9.21. The summed E-state index contributed by atoms with van der Waals surface area (Å²) in [6, 6.07) is 18.9. The Morgan fingerprint density at radius 2 is 1.79 bits per heavy atom. The number of hydrogen-bond donors (Lipinski definition) is 1. The van der Waals surface area contributed by atoms with Gasteiger partial charge >= 0.3 is 0 Å². The fourth-order valence-corrected chi connectivity index (χ4v) is 6.13. The van der Waals surface area contributed by atoms with Crippen molar-refractivity contribution in [2.24, 2.45) is 0 Å². The fraction of sp³-hybridized carbons (Fsp3) is 0.241. The van der Waals surface area contributed by atoms with E-state index in [9.17, 15) is 0 Å². The van der Waals surface area contributed by atoms with Gasteiger partial charge in [-0.05, 0) is 86.2 Å². The molecule has 1 aliphatic rings.